The Labute approximate surface area is 83.8 Å². The van der Waals surface area contributed by atoms with Gasteiger partial charge in [0, 0.05) is 4.90 Å². The summed E-state index contributed by atoms with van der Waals surface area (Å²) < 4.78 is 0. The highest BCUT2D eigenvalue weighted by Gasteiger charge is 1.98. The molecule has 0 aliphatic heterocycles. The molecule has 0 N–H and O–H groups in total. The number of benzene rings is 2. The van der Waals surface area contributed by atoms with E-state index >= 15 is 0 Å². The molecule has 0 aromatic heterocycles. The highest BCUT2D eigenvalue weighted by Crippen LogP contribution is 2.19. The fourth-order valence-electron chi connectivity index (χ4n) is 1.41. The van der Waals surface area contributed by atoms with Gasteiger partial charge in [0.25, 0.3) is 0 Å². The maximum Gasteiger partial charge on any atom is 0.115 e. The summed E-state index contributed by atoms with van der Waals surface area (Å²) in [5.41, 5.74) is 0.867. The lowest BCUT2D eigenvalue weighted by Gasteiger charge is -2.05. The van der Waals surface area contributed by atoms with Crippen LogP contribution in [0.15, 0.2) is 41.3 Å². The van der Waals surface area contributed by atoms with Crippen LogP contribution in [0, 0.1) is 0 Å². The van der Waals surface area contributed by atoms with Gasteiger partial charge in [-0.25, -0.2) is 0 Å². The van der Waals surface area contributed by atoms with E-state index in [4.69, 9.17) is 7.85 Å². The quantitative estimate of drug-likeness (QED) is 0.484. The van der Waals surface area contributed by atoms with Crippen molar-refractivity contribution in [3.63, 3.8) is 0 Å². The van der Waals surface area contributed by atoms with E-state index in [-0.39, 0.29) is 0 Å². The molecule has 0 heterocycles. The topological polar surface area (TPSA) is 0 Å². The third-order valence-corrected chi connectivity index (χ3v) is 2.89. The van der Waals surface area contributed by atoms with E-state index in [1.807, 2.05) is 24.5 Å². The van der Waals surface area contributed by atoms with E-state index < -0.39 is 0 Å². The Morgan fingerprint density at radius 1 is 1.08 bits per heavy atom. The summed E-state index contributed by atoms with van der Waals surface area (Å²) in [7, 11) is 5.88. The first-order valence-electron chi connectivity index (χ1n) is 4.13. The van der Waals surface area contributed by atoms with Crippen LogP contribution >= 0.6 is 11.8 Å². The minimum Gasteiger partial charge on any atom is -0.130 e. The minimum atomic E-state index is 0.867. The van der Waals surface area contributed by atoms with E-state index in [0.717, 1.165) is 10.4 Å². The minimum absolute atomic E-state index is 0.867. The molecule has 0 bridgehead atoms. The van der Waals surface area contributed by atoms with Crippen LogP contribution in [0.25, 0.3) is 10.8 Å². The van der Waals surface area contributed by atoms with Crippen LogP contribution in [-0.2, 0) is 0 Å². The first-order chi connectivity index (χ1) is 6.31. The van der Waals surface area contributed by atoms with Crippen LogP contribution in [0.4, 0.5) is 0 Å². The molecular formula is C11H9BS. The van der Waals surface area contributed by atoms with Gasteiger partial charge in [-0.15, -0.1) is 11.8 Å². The molecule has 0 saturated heterocycles. The van der Waals surface area contributed by atoms with Crippen LogP contribution in [0.1, 0.15) is 0 Å². The van der Waals surface area contributed by atoms with Gasteiger partial charge in [-0.1, -0.05) is 35.8 Å². The lowest BCUT2D eigenvalue weighted by Crippen LogP contribution is -2.04. The van der Waals surface area contributed by atoms with Crippen molar-refractivity contribution >= 4 is 35.8 Å². The Kier molecular flexibility index (Phi) is 2.32. The van der Waals surface area contributed by atoms with Gasteiger partial charge in [0.2, 0.25) is 0 Å². The summed E-state index contributed by atoms with van der Waals surface area (Å²) in [6.07, 6.45) is 2.04. The van der Waals surface area contributed by atoms with Crippen molar-refractivity contribution in [2.45, 2.75) is 4.90 Å². The predicted octanol–water partition coefficient (Wildman–Crippen LogP) is 2.36. The molecule has 0 aliphatic rings. The molecule has 2 radical (unpaired) electrons. The molecule has 0 spiro atoms. The second kappa shape index (κ2) is 3.47. The van der Waals surface area contributed by atoms with Crippen LogP contribution < -0.4 is 5.46 Å². The Bertz CT molecular complexity index is 437. The Hall–Kier alpha value is -0.885. The lowest BCUT2D eigenvalue weighted by atomic mass is 9.93. The molecule has 0 aliphatic carbocycles. The number of hydrogen-bond acceptors (Lipinski definition) is 1. The molecule has 62 valence electrons. The van der Waals surface area contributed by atoms with Gasteiger partial charge >= 0.3 is 0 Å². The molecule has 2 aromatic carbocycles. The average Bonchev–Trinajstić information content (AvgIpc) is 2.17. The fourth-order valence-corrected chi connectivity index (χ4v) is 1.95. The molecule has 0 atom stereocenters. The molecule has 0 saturated carbocycles. The first-order valence-corrected chi connectivity index (χ1v) is 5.36. The number of thioether (sulfide) groups is 1. The highest BCUT2D eigenvalue weighted by molar-refractivity contribution is 7.98. The lowest BCUT2D eigenvalue weighted by molar-refractivity contribution is 1.58. The smallest absolute Gasteiger partial charge is 0.115 e. The van der Waals surface area contributed by atoms with E-state index in [1.54, 1.807) is 11.8 Å². The average molecular weight is 184 g/mol. The van der Waals surface area contributed by atoms with Crippen LogP contribution in [-0.4, -0.2) is 14.1 Å². The monoisotopic (exact) mass is 184 g/mol. The zero-order valence-corrected chi connectivity index (χ0v) is 8.27. The van der Waals surface area contributed by atoms with Crippen molar-refractivity contribution in [2.75, 3.05) is 6.26 Å². The van der Waals surface area contributed by atoms with Crippen molar-refractivity contribution in [3.8, 4) is 0 Å². The largest absolute Gasteiger partial charge is 0.130 e. The van der Waals surface area contributed by atoms with Crippen molar-refractivity contribution in [1.29, 1.82) is 0 Å². The van der Waals surface area contributed by atoms with Gasteiger partial charge in [-0.3, -0.25) is 0 Å². The third-order valence-electron chi connectivity index (χ3n) is 2.10. The molecule has 0 amide bonds. The number of hydrogen-bond donors (Lipinski definition) is 0. The highest BCUT2D eigenvalue weighted by atomic mass is 32.2. The standard InChI is InChI=1S/C11H9BS/c1-13-11-7-9-5-3-2-4-8(9)6-10(11)12/h2-7H,1H3. The van der Waals surface area contributed by atoms with Crippen molar-refractivity contribution < 1.29 is 0 Å². The zero-order valence-electron chi connectivity index (χ0n) is 7.45. The molecule has 0 unspecified atom stereocenters. The second-order valence-electron chi connectivity index (χ2n) is 2.94. The SMILES string of the molecule is [B]c1cc2ccccc2cc1SC. The molecule has 0 fully saturated rings. The molecule has 13 heavy (non-hydrogen) atoms. The summed E-state index contributed by atoms with van der Waals surface area (Å²) in [5, 5.41) is 2.46. The second-order valence-corrected chi connectivity index (χ2v) is 3.79. The first kappa shape index (κ1) is 8.70. The Morgan fingerprint density at radius 2 is 1.69 bits per heavy atom. The molecule has 2 heteroatoms. The van der Waals surface area contributed by atoms with E-state index in [1.165, 1.54) is 10.8 Å². The van der Waals surface area contributed by atoms with Crippen LogP contribution in [0.3, 0.4) is 0 Å². The van der Waals surface area contributed by atoms with Gasteiger partial charge in [-0.2, -0.15) is 0 Å². The van der Waals surface area contributed by atoms with E-state index in [0.29, 0.717) is 0 Å². The van der Waals surface area contributed by atoms with Gasteiger partial charge < -0.3 is 0 Å². The normalized spacial score (nSPS) is 10.5. The molecule has 2 rings (SSSR count). The molecule has 0 nitrogen and oxygen atoms in total. The van der Waals surface area contributed by atoms with Gasteiger partial charge in [0.15, 0.2) is 0 Å². The maximum atomic E-state index is 5.88. The predicted molar refractivity (Wildman–Crippen MR) is 61.1 cm³/mol. The van der Waals surface area contributed by atoms with Gasteiger partial charge in [0.05, 0.1) is 0 Å². The number of rotatable bonds is 1. The fraction of sp³-hybridized carbons (Fsp3) is 0.0909. The van der Waals surface area contributed by atoms with Crippen molar-refractivity contribution in [1.82, 2.24) is 0 Å². The molecule has 2 aromatic rings. The van der Waals surface area contributed by atoms with Crippen LogP contribution in [0.2, 0.25) is 0 Å². The van der Waals surface area contributed by atoms with E-state index in [9.17, 15) is 0 Å². The Balaban J connectivity index is 2.74. The summed E-state index contributed by atoms with van der Waals surface area (Å²) in [6.45, 7) is 0. The van der Waals surface area contributed by atoms with E-state index in [2.05, 4.69) is 18.2 Å². The Morgan fingerprint density at radius 3 is 2.31 bits per heavy atom. The third kappa shape index (κ3) is 1.59. The number of fused-ring (bicyclic) bond motifs is 1. The summed E-state index contributed by atoms with van der Waals surface area (Å²) in [5.74, 6) is 0. The summed E-state index contributed by atoms with van der Waals surface area (Å²) >= 11 is 1.69. The van der Waals surface area contributed by atoms with Crippen molar-refractivity contribution in [3.05, 3.63) is 36.4 Å². The van der Waals surface area contributed by atoms with Gasteiger partial charge in [0.1, 0.15) is 7.85 Å². The molecular weight excluding hydrogens is 175 g/mol. The van der Waals surface area contributed by atoms with Crippen molar-refractivity contribution in [2.24, 2.45) is 0 Å². The maximum absolute atomic E-state index is 5.88. The summed E-state index contributed by atoms with van der Waals surface area (Å²) in [4.78, 5) is 1.15. The van der Waals surface area contributed by atoms with Crippen LogP contribution in [0.5, 0.6) is 0 Å². The van der Waals surface area contributed by atoms with Gasteiger partial charge in [-0.05, 0) is 23.1 Å². The summed E-state index contributed by atoms with van der Waals surface area (Å²) in [6, 6.07) is 12.4. The zero-order chi connectivity index (χ0) is 9.26.